The van der Waals surface area contributed by atoms with Gasteiger partial charge in [-0.15, -0.1) is 0 Å². The van der Waals surface area contributed by atoms with E-state index in [-0.39, 0.29) is 11.3 Å². The Balaban J connectivity index is 1.73. The normalized spacial score (nSPS) is 12.7. The Bertz CT molecular complexity index is 1050. The zero-order valence-corrected chi connectivity index (χ0v) is 22.4. The number of benzene rings is 2. The first-order chi connectivity index (χ1) is 16.7. The number of carbonyl (C=O) groups excluding carboxylic acids is 1. The number of aryl methyl sites for hydroxylation is 1. The summed E-state index contributed by atoms with van der Waals surface area (Å²) in [5, 5.41) is 0. The van der Waals surface area contributed by atoms with E-state index in [1.807, 2.05) is 42.2 Å². The molecule has 0 bridgehead atoms. The quantitative estimate of drug-likeness (QED) is 0.308. The van der Waals surface area contributed by atoms with Gasteiger partial charge < -0.3 is 9.32 Å². The molecule has 0 aliphatic heterocycles. The number of carbonyl (C=O) groups is 1. The largest absolute Gasteiger partial charge is 0.464 e. The minimum absolute atomic E-state index is 0.133. The van der Waals surface area contributed by atoms with Crippen LogP contribution in [0.1, 0.15) is 69.3 Å². The zero-order valence-electron chi connectivity index (χ0n) is 22.4. The third kappa shape index (κ3) is 8.10. The first-order valence-electron chi connectivity index (χ1n) is 12.9. The van der Waals surface area contributed by atoms with Gasteiger partial charge in [-0.25, -0.2) is 0 Å². The molecule has 35 heavy (non-hydrogen) atoms. The molecule has 1 unspecified atom stereocenters. The van der Waals surface area contributed by atoms with Crippen molar-refractivity contribution in [3.63, 3.8) is 0 Å². The fraction of sp³-hybridized carbons (Fsp3) is 0.452. The summed E-state index contributed by atoms with van der Waals surface area (Å²) in [4.78, 5) is 17.9. The second-order valence-electron chi connectivity index (χ2n) is 10.7. The standard InChI is InChI=1S/C31H42N2O2/c1-7-24(2)33(21-27-14-16-28(17-15-27)31(4,5)6)23-30(34)32(22-29-18-13-25(3)35-29)20-19-26-11-9-8-10-12-26/h8-18,24H,7,19-23H2,1-6H3. The summed E-state index contributed by atoms with van der Waals surface area (Å²) in [7, 11) is 0. The summed E-state index contributed by atoms with van der Waals surface area (Å²) in [6.45, 7) is 15.3. The number of hydrogen-bond donors (Lipinski definition) is 0. The zero-order chi connectivity index (χ0) is 25.4. The van der Waals surface area contributed by atoms with Crippen LogP contribution in [0.3, 0.4) is 0 Å². The molecule has 0 aliphatic carbocycles. The Hall–Kier alpha value is -2.85. The van der Waals surface area contributed by atoms with Crippen molar-refractivity contribution in [2.75, 3.05) is 13.1 Å². The predicted molar refractivity (Wildman–Crippen MR) is 144 cm³/mol. The fourth-order valence-electron chi connectivity index (χ4n) is 4.20. The first-order valence-corrected chi connectivity index (χ1v) is 12.9. The molecule has 1 aromatic heterocycles. The molecule has 0 N–H and O–H groups in total. The maximum absolute atomic E-state index is 13.6. The van der Waals surface area contributed by atoms with Crippen molar-refractivity contribution in [3.05, 3.63) is 94.9 Å². The number of furan rings is 1. The molecule has 4 heteroatoms. The van der Waals surface area contributed by atoms with Gasteiger partial charge in [0, 0.05) is 19.1 Å². The smallest absolute Gasteiger partial charge is 0.237 e. The summed E-state index contributed by atoms with van der Waals surface area (Å²) < 4.78 is 5.82. The second-order valence-corrected chi connectivity index (χ2v) is 10.7. The summed E-state index contributed by atoms with van der Waals surface area (Å²) in [5.74, 6) is 1.84. The van der Waals surface area contributed by atoms with Gasteiger partial charge in [-0.05, 0) is 60.9 Å². The van der Waals surface area contributed by atoms with E-state index in [0.717, 1.165) is 30.9 Å². The highest BCUT2D eigenvalue weighted by Gasteiger charge is 2.22. The van der Waals surface area contributed by atoms with E-state index < -0.39 is 0 Å². The molecule has 0 saturated heterocycles. The van der Waals surface area contributed by atoms with E-state index in [0.29, 0.717) is 25.7 Å². The molecular formula is C31H42N2O2. The summed E-state index contributed by atoms with van der Waals surface area (Å²) in [5.41, 5.74) is 3.93. The van der Waals surface area contributed by atoms with E-state index in [1.54, 1.807) is 0 Å². The Morgan fingerprint density at radius 3 is 2.17 bits per heavy atom. The summed E-state index contributed by atoms with van der Waals surface area (Å²) in [6, 6.07) is 23.5. The van der Waals surface area contributed by atoms with E-state index >= 15 is 0 Å². The maximum Gasteiger partial charge on any atom is 0.237 e. The fourth-order valence-corrected chi connectivity index (χ4v) is 4.20. The molecule has 4 nitrogen and oxygen atoms in total. The third-order valence-electron chi connectivity index (χ3n) is 6.77. The van der Waals surface area contributed by atoms with Crippen molar-refractivity contribution in [1.82, 2.24) is 9.80 Å². The van der Waals surface area contributed by atoms with Crippen LogP contribution in [0.4, 0.5) is 0 Å². The molecule has 1 amide bonds. The lowest BCUT2D eigenvalue weighted by Gasteiger charge is -2.31. The maximum atomic E-state index is 13.6. The lowest BCUT2D eigenvalue weighted by molar-refractivity contribution is -0.134. The molecular weight excluding hydrogens is 432 g/mol. The van der Waals surface area contributed by atoms with Crippen LogP contribution in [0.5, 0.6) is 0 Å². The van der Waals surface area contributed by atoms with Gasteiger partial charge in [-0.3, -0.25) is 9.69 Å². The number of nitrogens with zero attached hydrogens (tertiary/aromatic N) is 2. The van der Waals surface area contributed by atoms with Crippen molar-refractivity contribution >= 4 is 5.91 Å². The summed E-state index contributed by atoms with van der Waals surface area (Å²) >= 11 is 0. The Morgan fingerprint density at radius 1 is 0.914 bits per heavy atom. The second kappa shape index (κ2) is 12.2. The van der Waals surface area contributed by atoms with Crippen LogP contribution < -0.4 is 0 Å². The third-order valence-corrected chi connectivity index (χ3v) is 6.77. The van der Waals surface area contributed by atoms with Gasteiger partial charge in [-0.2, -0.15) is 0 Å². The van der Waals surface area contributed by atoms with Crippen molar-refractivity contribution in [2.24, 2.45) is 0 Å². The Labute approximate surface area is 211 Å². The predicted octanol–water partition coefficient (Wildman–Crippen LogP) is 6.76. The highest BCUT2D eigenvalue weighted by molar-refractivity contribution is 5.78. The van der Waals surface area contributed by atoms with Crippen LogP contribution in [0.15, 0.2) is 71.1 Å². The molecule has 3 aromatic rings. The van der Waals surface area contributed by atoms with Gasteiger partial charge in [0.1, 0.15) is 11.5 Å². The SMILES string of the molecule is CCC(C)N(CC(=O)N(CCc1ccccc1)Cc1ccc(C)o1)Cc1ccc(C(C)(C)C)cc1. The highest BCUT2D eigenvalue weighted by Crippen LogP contribution is 2.23. The minimum Gasteiger partial charge on any atom is -0.464 e. The van der Waals surface area contributed by atoms with Crippen molar-refractivity contribution in [2.45, 2.75) is 78.9 Å². The van der Waals surface area contributed by atoms with Crippen molar-refractivity contribution in [1.29, 1.82) is 0 Å². The van der Waals surface area contributed by atoms with Crippen LogP contribution in [-0.4, -0.2) is 34.8 Å². The van der Waals surface area contributed by atoms with Gasteiger partial charge in [0.15, 0.2) is 0 Å². The van der Waals surface area contributed by atoms with Crippen molar-refractivity contribution in [3.8, 4) is 0 Å². The lowest BCUT2D eigenvalue weighted by Crippen LogP contribution is -2.43. The van der Waals surface area contributed by atoms with Crippen LogP contribution in [0, 0.1) is 6.92 Å². The molecule has 0 saturated carbocycles. The molecule has 0 radical (unpaired) electrons. The highest BCUT2D eigenvalue weighted by atomic mass is 16.3. The lowest BCUT2D eigenvalue weighted by atomic mass is 9.86. The van der Waals surface area contributed by atoms with E-state index in [4.69, 9.17) is 4.42 Å². The van der Waals surface area contributed by atoms with Crippen LogP contribution in [0.25, 0.3) is 0 Å². The van der Waals surface area contributed by atoms with Gasteiger partial charge >= 0.3 is 0 Å². The molecule has 0 spiro atoms. The minimum atomic E-state index is 0.133. The van der Waals surface area contributed by atoms with E-state index in [2.05, 4.69) is 75.9 Å². The molecule has 0 aliphatic rings. The Morgan fingerprint density at radius 2 is 1.60 bits per heavy atom. The number of hydrogen-bond acceptors (Lipinski definition) is 3. The summed E-state index contributed by atoms with van der Waals surface area (Å²) in [6.07, 6.45) is 1.82. The average molecular weight is 475 g/mol. The Kier molecular flexibility index (Phi) is 9.33. The number of rotatable bonds is 11. The topological polar surface area (TPSA) is 36.7 Å². The first kappa shape index (κ1) is 26.7. The number of amides is 1. The molecule has 188 valence electrons. The van der Waals surface area contributed by atoms with Gasteiger partial charge in [-0.1, -0.05) is 82.3 Å². The molecule has 2 aromatic carbocycles. The van der Waals surface area contributed by atoms with Gasteiger partial charge in [0.05, 0.1) is 13.1 Å². The van der Waals surface area contributed by atoms with E-state index in [9.17, 15) is 4.79 Å². The molecule has 1 atom stereocenters. The average Bonchev–Trinajstić information content (AvgIpc) is 3.25. The molecule has 1 heterocycles. The van der Waals surface area contributed by atoms with Crippen LogP contribution in [-0.2, 0) is 29.7 Å². The van der Waals surface area contributed by atoms with Gasteiger partial charge in [0.25, 0.3) is 0 Å². The van der Waals surface area contributed by atoms with E-state index in [1.165, 1.54) is 16.7 Å². The van der Waals surface area contributed by atoms with Crippen LogP contribution >= 0.6 is 0 Å². The molecule has 3 rings (SSSR count). The van der Waals surface area contributed by atoms with Crippen molar-refractivity contribution < 1.29 is 9.21 Å². The molecule has 0 fully saturated rings. The van der Waals surface area contributed by atoms with Gasteiger partial charge in [0.2, 0.25) is 5.91 Å². The van der Waals surface area contributed by atoms with Crippen LogP contribution in [0.2, 0.25) is 0 Å². The monoisotopic (exact) mass is 474 g/mol.